The van der Waals surface area contributed by atoms with E-state index in [9.17, 15) is 0 Å². The van der Waals surface area contributed by atoms with Crippen LogP contribution >= 0.6 is 15.9 Å². The number of nitrogens with zero attached hydrogens (tertiary/aromatic N) is 2. The van der Waals surface area contributed by atoms with Gasteiger partial charge in [0.15, 0.2) is 0 Å². The molecule has 1 fully saturated rings. The molecule has 3 nitrogen and oxygen atoms in total. The second-order valence-electron chi connectivity index (χ2n) is 6.40. The molecular weight excluding hydrogens is 326 g/mol. The Balaban J connectivity index is 2.06. The number of halogens is 1. The number of hydrogen-bond acceptors (Lipinski definition) is 2. The van der Waals surface area contributed by atoms with Gasteiger partial charge in [0, 0.05) is 19.0 Å². The summed E-state index contributed by atoms with van der Waals surface area (Å²) in [6.45, 7) is 8.58. The highest BCUT2D eigenvalue weighted by Crippen LogP contribution is 2.30. The molecule has 1 aliphatic carbocycles. The summed E-state index contributed by atoms with van der Waals surface area (Å²) in [6, 6.07) is 0.589. The molecule has 4 heteroatoms. The van der Waals surface area contributed by atoms with E-state index in [1.807, 2.05) is 0 Å². The molecule has 1 aromatic rings. The summed E-state index contributed by atoms with van der Waals surface area (Å²) < 4.78 is 3.37. The molecule has 0 amide bonds. The van der Waals surface area contributed by atoms with Crippen molar-refractivity contribution >= 4 is 15.9 Å². The summed E-state index contributed by atoms with van der Waals surface area (Å²) in [5.74, 6) is 0.928. The van der Waals surface area contributed by atoms with E-state index in [-0.39, 0.29) is 0 Å². The molecule has 0 aromatic carbocycles. The Morgan fingerprint density at radius 1 is 1.33 bits per heavy atom. The maximum atomic E-state index is 4.64. The first-order valence-electron chi connectivity index (χ1n) is 8.60. The summed E-state index contributed by atoms with van der Waals surface area (Å²) in [7, 11) is 0. The molecule has 1 saturated carbocycles. The summed E-state index contributed by atoms with van der Waals surface area (Å²) in [4.78, 5) is 0. The fourth-order valence-corrected chi connectivity index (χ4v) is 3.98. The molecule has 1 aliphatic rings. The van der Waals surface area contributed by atoms with Crippen LogP contribution in [0, 0.1) is 12.8 Å². The zero-order valence-electron chi connectivity index (χ0n) is 13.8. The van der Waals surface area contributed by atoms with Gasteiger partial charge < -0.3 is 5.32 Å². The Morgan fingerprint density at radius 2 is 2.05 bits per heavy atom. The van der Waals surface area contributed by atoms with E-state index in [1.165, 1.54) is 48.7 Å². The molecule has 2 rings (SSSR count). The normalized spacial score (nSPS) is 17.5. The van der Waals surface area contributed by atoms with Gasteiger partial charge in [0.2, 0.25) is 0 Å². The number of aryl methyl sites for hydroxylation is 2. The van der Waals surface area contributed by atoms with Crippen molar-refractivity contribution in [3.05, 3.63) is 15.9 Å². The second kappa shape index (κ2) is 8.33. The van der Waals surface area contributed by atoms with Crippen LogP contribution in [0.4, 0.5) is 0 Å². The van der Waals surface area contributed by atoms with Crippen LogP contribution in [-0.4, -0.2) is 22.4 Å². The zero-order chi connectivity index (χ0) is 15.2. The van der Waals surface area contributed by atoms with Crippen molar-refractivity contribution in [3.8, 4) is 0 Å². The Labute approximate surface area is 138 Å². The number of hydrogen-bond donors (Lipinski definition) is 1. The monoisotopic (exact) mass is 355 g/mol. The third kappa shape index (κ3) is 4.56. The minimum Gasteiger partial charge on any atom is -0.314 e. The predicted octanol–water partition coefficient (Wildman–Crippen LogP) is 4.46. The summed E-state index contributed by atoms with van der Waals surface area (Å²) in [5.41, 5.74) is 2.48. The highest BCUT2D eigenvalue weighted by Gasteiger charge is 2.22. The Bertz CT molecular complexity index is 435. The first-order chi connectivity index (χ1) is 10.2. The van der Waals surface area contributed by atoms with Crippen molar-refractivity contribution in [2.45, 2.75) is 78.3 Å². The van der Waals surface area contributed by atoms with Gasteiger partial charge in [-0.1, -0.05) is 32.6 Å². The molecule has 0 aliphatic heterocycles. The van der Waals surface area contributed by atoms with Crippen LogP contribution in [-0.2, 0) is 13.0 Å². The average molecular weight is 356 g/mol. The quantitative estimate of drug-likeness (QED) is 0.745. The van der Waals surface area contributed by atoms with Gasteiger partial charge >= 0.3 is 0 Å². The van der Waals surface area contributed by atoms with E-state index in [0.717, 1.165) is 31.1 Å². The van der Waals surface area contributed by atoms with Crippen molar-refractivity contribution in [1.82, 2.24) is 15.1 Å². The SMILES string of the molecule is CCCNC(Cc1c(Br)c(C)nn1CC)CC1CCCC1. The van der Waals surface area contributed by atoms with E-state index in [0.29, 0.717) is 6.04 Å². The van der Waals surface area contributed by atoms with Gasteiger partial charge in [-0.2, -0.15) is 5.10 Å². The highest BCUT2D eigenvalue weighted by atomic mass is 79.9. The molecule has 1 N–H and O–H groups in total. The lowest BCUT2D eigenvalue weighted by atomic mass is 9.95. The van der Waals surface area contributed by atoms with Crippen LogP contribution in [0.3, 0.4) is 0 Å². The van der Waals surface area contributed by atoms with E-state index < -0.39 is 0 Å². The first-order valence-corrected chi connectivity index (χ1v) is 9.40. The number of nitrogens with one attached hydrogen (secondary N) is 1. The Kier molecular flexibility index (Phi) is 6.74. The lowest BCUT2D eigenvalue weighted by Gasteiger charge is -2.22. The van der Waals surface area contributed by atoms with E-state index in [4.69, 9.17) is 0 Å². The van der Waals surface area contributed by atoms with Gasteiger partial charge in [-0.3, -0.25) is 4.68 Å². The van der Waals surface area contributed by atoms with Gasteiger partial charge in [-0.05, 0) is 55.1 Å². The largest absolute Gasteiger partial charge is 0.314 e. The minimum absolute atomic E-state index is 0.589. The molecule has 0 radical (unpaired) electrons. The molecule has 1 aromatic heterocycles. The van der Waals surface area contributed by atoms with E-state index in [2.05, 4.69) is 51.8 Å². The van der Waals surface area contributed by atoms with Gasteiger partial charge in [0.05, 0.1) is 15.9 Å². The average Bonchev–Trinajstić information content (AvgIpc) is 3.08. The minimum atomic E-state index is 0.589. The molecule has 1 heterocycles. The zero-order valence-corrected chi connectivity index (χ0v) is 15.4. The molecule has 120 valence electrons. The molecule has 0 bridgehead atoms. The predicted molar refractivity (Wildman–Crippen MR) is 92.7 cm³/mol. The van der Waals surface area contributed by atoms with Crippen LogP contribution in [0.1, 0.15) is 63.8 Å². The molecule has 0 spiro atoms. The number of rotatable bonds is 8. The third-order valence-corrected chi connectivity index (χ3v) is 5.70. The highest BCUT2D eigenvalue weighted by molar-refractivity contribution is 9.10. The van der Waals surface area contributed by atoms with Crippen LogP contribution in [0.2, 0.25) is 0 Å². The first kappa shape index (κ1) is 17.0. The van der Waals surface area contributed by atoms with E-state index >= 15 is 0 Å². The van der Waals surface area contributed by atoms with Crippen molar-refractivity contribution in [1.29, 1.82) is 0 Å². The van der Waals surface area contributed by atoms with Crippen LogP contribution in [0.25, 0.3) is 0 Å². The molecular formula is C17H30BrN3. The smallest absolute Gasteiger partial charge is 0.0738 e. The van der Waals surface area contributed by atoms with Gasteiger partial charge in [-0.25, -0.2) is 0 Å². The standard InChI is InChI=1S/C17H30BrN3/c1-4-10-19-15(11-14-8-6-7-9-14)12-16-17(18)13(3)20-21(16)5-2/h14-15,19H,4-12H2,1-3H3. The maximum Gasteiger partial charge on any atom is 0.0738 e. The third-order valence-electron chi connectivity index (χ3n) is 4.67. The summed E-state index contributed by atoms with van der Waals surface area (Å²) >= 11 is 3.74. The molecule has 1 unspecified atom stereocenters. The van der Waals surface area contributed by atoms with Crippen LogP contribution < -0.4 is 5.32 Å². The second-order valence-corrected chi connectivity index (χ2v) is 7.20. The van der Waals surface area contributed by atoms with Crippen LogP contribution in [0.15, 0.2) is 4.47 Å². The van der Waals surface area contributed by atoms with Crippen LogP contribution in [0.5, 0.6) is 0 Å². The lowest BCUT2D eigenvalue weighted by Crippen LogP contribution is -2.34. The number of aromatic nitrogens is 2. The fraction of sp³-hybridized carbons (Fsp3) is 0.824. The summed E-state index contributed by atoms with van der Waals surface area (Å²) in [5, 5.41) is 8.41. The maximum absolute atomic E-state index is 4.64. The topological polar surface area (TPSA) is 29.9 Å². The van der Waals surface area contributed by atoms with Gasteiger partial charge in [0.1, 0.15) is 0 Å². The Morgan fingerprint density at radius 3 is 2.67 bits per heavy atom. The van der Waals surface area contributed by atoms with Gasteiger partial charge in [0.25, 0.3) is 0 Å². The van der Waals surface area contributed by atoms with Crippen molar-refractivity contribution < 1.29 is 0 Å². The van der Waals surface area contributed by atoms with Crippen molar-refractivity contribution in [2.24, 2.45) is 5.92 Å². The lowest BCUT2D eigenvalue weighted by molar-refractivity contribution is 0.378. The summed E-state index contributed by atoms with van der Waals surface area (Å²) in [6.07, 6.45) is 9.33. The fourth-order valence-electron chi connectivity index (χ4n) is 3.53. The van der Waals surface area contributed by atoms with Crippen molar-refractivity contribution in [3.63, 3.8) is 0 Å². The van der Waals surface area contributed by atoms with E-state index in [1.54, 1.807) is 0 Å². The molecule has 21 heavy (non-hydrogen) atoms. The van der Waals surface area contributed by atoms with Gasteiger partial charge in [-0.15, -0.1) is 0 Å². The molecule has 1 atom stereocenters. The Hall–Kier alpha value is -0.350. The molecule has 0 saturated heterocycles. The van der Waals surface area contributed by atoms with Crippen molar-refractivity contribution in [2.75, 3.05) is 6.54 Å².